The molecular formula is C21H25NO4. The summed E-state index contributed by atoms with van der Waals surface area (Å²) in [7, 11) is 1.37. The average Bonchev–Trinajstić information content (AvgIpc) is 3.24. The minimum atomic E-state index is -0.355. The number of aliphatic hydroxyl groups excluding tert-OH is 1. The average molecular weight is 355 g/mol. The van der Waals surface area contributed by atoms with Gasteiger partial charge in [0, 0.05) is 18.7 Å². The molecule has 1 aliphatic rings. The van der Waals surface area contributed by atoms with Crippen molar-refractivity contribution in [2.75, 3.05) is 20.3 Å². The Labute approximate surface area is 153 Å². The Bertz CT molecular complexity index is 793. The third-order valence-electron chi connectivity index (χ3n) is 4.81. The van der Waals surface area contributed by atoms with E-state index in [0.717, 1.165) is 29.9 Å². The number of rotatable bonds is 7. The summed E-state index contributed by atoms with van der Waals surface area (Å²) in [5.74, 6) is 1.46. The molecule has 138 valence electrons. The van der Waals surface area contributed by atoms with Gasteiger partial charge in [-0.3, -0.25) is 4.90 Å². The fourth-order valence-electron chi connectivity index (χ4n) is 3.57. The minimum absolute atomic E-state index is 0.117. The van der Waals surface area contributed by atoms with Gasteiger partial charge in [0.05, 0.1) is 20.3 Å². The number of aryl methyl sites for hydroxylation is 2. The van der Waals surface area contributed by atoms with Crippen LogP contribution in [0.5, 0.6) is 0 Å². The first kappa shape index (κ1) is 18.4. The van der Waals surface area contributed by atoms with E-state index in [0.29, 0.717) is 13.1 Å². The number of esters is 1. The molecule has 26 heavy (non-hydrogen) atoms. The highest BCUT2D eigenvalue weighted by Crippen LogP contribution is 2.37. The van der Waals surface area contributed by atoms with Crippen molar-refractivity contribution in [3.63, 3.8) is 0 Å². The highest BCUT2D eigenvalue weighted by Gasteiger charge is 2.28. The lowest BCUT2D eigenvalue weighted by Crippen LogP contribution is -2.29. The normalized spacial score (nSPS) is 16.4. The summed E-state index contributed by atoms with van der Waals surface area (Å²) >= 11 is 0. The van der Waals surface area contributed by atoms with Gasteiger partial charge in [0.15, 0.2) is 0 Å². The Balaban J connectivity index is 1.78. The molecule has 0 saturated heterocycles. The molecule has 0 spiro atoms. The van der Waals surface area contributed by atoms with Crippen LogP contribution < -0.4 is 0 Å². The smallest absolute Gasteiger partial charge is 0.330 e. The highest BCUT2D eigenvalue weighted by atomic mass is 16.5. The van der Waals surface area contributed by atoms with Crippen LogP contribution in [0, 0.1) is 6.92 Å². The van der Waals surface area contributed by atoms with Crippen LogP contribution in [0.15, 0.2) is 40.8 Å². The standard InChI is InChI=1S/C21H25NO4/c1-15-3-7-18(26-15)14-22(11-12-23)20-9-6-17-13-16(4-8-19(17)20)5-10-21(24)25-2/h3-5,7-8,10,13,20,23H,6,9,11-12,14H2,1-2H3/b10-5+. The van der Waals surface area contributed by atoms with Gasteiger partial charge < -0.3 is 14.3 Å². The molecule has 1 aliphatic carbocycles. The van der Waals surface area contributed by atoms with Crippen molar-refractivity contribution in [1.82, 2.24) is 4.90 Å². The van der Waals surface area contributed by atoms with Gasteiger partial charge in [0.1, 0.15) is 11.5 Å². The van der Waals surface area contributed by atoms with Gasteiger partial charge in [-0.25, -0.2) is 4.79 Å². The zero-order chi connectivity index (χ0) is 18.5. The van der Waals surface area contributed by atoms with Crippen LogP contribution >= 0.6 is 0 Å². The van der Waals surface area contributed by atoms with E-state index in [1.807, 2.05) is 25.1 Å². The van der Waals surface area contributed by atoms with Crippen molar-refractivity contribution < 1.29 is 19.1 Å². The fourth-order valence-corrected chi connectivity index (χ4v) is 3.57. The van der Waals surface area contributed by atoms with Crippen LogP contribution in [0.2, 0.25) is 0 Å². The summed E-state index contributed by atoms with van der Waals surface area (Å²) in [5.41, 5.74) is 3.57. The maximum absolute atomic E-state index is 11.3. The number of nitrogens with zero attached hydrogens (tertiary/aromatic N) is 1. The third kappa shape index (κ3) is 4.23. The number of hydrogen-bond donors (Lipinski definition) is 1. The first-order valence-corrected chi connectivity index (χ1v) is 8.90. The quantitative estimate of drug-likeness (QED) is 0.610. The van der Waals surface area contributed by atoms with E-state index >= 15 is 0 Å². The zero-order valence-electron chi connectivity index (χ0n) is 15.3. The lowest BCUT2D eigenvalue weighted by Gasteiger charge is -2.28. The topological polar surface area (TPSA) is 62.9 Å². The van der Waals surface area contributed by atoms with Gasteiger partial charge >= 0.3 is 5.97 Å². The molecule has 5 nitrogen and oxygen atoms in total. The minimum Gasteiger partial charge on any atom is -0.466 e. The lowest BCUT2D eigenvalue weighted by atomic mass is 10.0. The molecule has 0 bridgehead atoms. The maximum Gasteiger partial charge on any atom is 0.330 e. The van der Waals surface area contributed by atoms with Gasteiger partial charge in [-0.05, 0) is 54.7 Å². The number of carbonyl (C=O) groups excluding carboxylic acids is 1. The molecule has 3 rings (SSSR count). The molecule has 1 heterocycles. The molecule has 1 unspecified atom stereocenters. The van der Waals surface area contributed by atoms with Crippen LogP contribution in [-0.4, -0.2) is 36.2 Å². The molecule has 1 N–H and O–H groups in total. The van der Waals surface area contributed by atoms with E-state index in [9.17, 15) is 9.90 Å². The summed E-state index contributed by atoms with van der Waals surface area (Å²) in [6.45, 7) is 3.34. The molecule has 1 aromatic carbocycles. The number of methoxy groups -OCH3 is 1. The van der Waals surface area contributed by atoms with Crippen LogP contribution in [0.25, 0.3) is 6.08 Å². The summed E-state index contributed by atoms with van der Waals surface area (Å²) < 4.78 is 10.3. The molecular weight excluding hydrogens is 330 g/mol. The fraction of sp³-hybridized carbons (Fsp3) is 0.381. The summed E-state index contributed by atoms with van der Waals surface area (Å²) in [6.07, 6.45) is 5.21. The number of furan rings is 1. The number of hydrogen-bond acceptors (Lipinski definition) is 5. The van der Waals surface area contributed by atoms with Crippen LogP contribution in [-0.2, 0) is 22.5 Å². The second kappa shape index (κ2) is 8.34. The van der Waals surface area contributed by atoms with Gasteiger partial charge in [0.25, 0.3) is 0 Å². The third-order valence-corrected chi connectivity index (χ3v) is 4.81. The number of fused-ring (bicyclic) bond motifs is 1. The molecule has 1 aromatic heterocycles. The largest absolute Gasteiger partial charge is 0.466 e. The van der Waals surface area contributed by atoms with E-state index in [1.54, 1.807) is 6.08 Å². The van der Waals surface area contributed by atoms with E-state index < -0.39 is 0 Å². The van der Waals surface area contributed by atoms with Crippen molar-refractivity contribution in [3.8, 4) is 0 Å². The van der Waals surface area contributed by atoms with Gasteiger partial charge in [-0.2, -0.15) is 0 Å². The Morgan fingerprint density at radius 1 is 1.38 bits per heavy atom. The van der Waals surface area contributed by atoms with E-state index in [1.165, 1.54) is 24.3 Å². The first-order valence-electron chi connectivity index (χ1n) is 8.90. The van der Waals surface area contributed by atoms with Crippen LogP contribution in [0.1, 0.15) is 40.7 Å². The Morgan fingerprint density at radius 2 is 2.23 bits per heavy atom. The number of benzene rings is 1. The molecule has 0 radical (unpaired) electrons. The molecule has 0 amide bonds. The second-order valence-electron chi connectivity index (χ2n) is 6.58. The monoisotopic (exact) mass is 355 g/mol. The van der Waals surface area contributed by atoms with E-state index in [-0.39, 0.29) is 18.6 Å². The second-order valence-corrected chi connectivity index (χ2v) is 6.58. The number of ether oxygens (including phenoxy) is 1. The molecule has 0 saturated carbocycles. The van der Waals surface area contributed by atoms with Gasteiger partial charge in [0.2, 0.25) is 0 Å². The molecule has 5 heteroatoms. The molecule has 2 aromatic rings. The Hall–Kier alpha value is -2.37. The van der Waals surface area contributed by atoms with Gasteiger partial charge in [-0.15, -0.1) is 0 Å². The van der Waals surface area contributed by atoms with E-state index in [2.05, 4.69) is 21.8 Å². The van der Waals surface area contributed by atoms with E-state index in [4.69, 9.17) is 4.42 Å². The van der Waals surface area contributed by atoms with Gasteiger partial charge in [-0.1, -0.05) is 18.2 Å². The Kier molecular flexibility index (Phi) is 5.91. The predicted octanol–water partition coefficient (Wildman–Crippen LogP) is 3.26. The molecule has 1 atom stereocenters. The number of carbonyl (C=O) groups is 1. The van der Waals surface area contributed by atoms with Crippen molar-refractivity contribution in [2.45, 2.75) is 32.4 Å². The van der Waals surface area contributed by atoms with Crippen molar-refractivity contribution in [2.24, 2.45) is 0 Å². The summed E-state index contributed by atoms with van der Waals surface area (Å²) in [5, 5.41) is 9.49. The van der Waals surface area contributed by atoms with Crippen LogP contribution in [0.4, 0.5) is 0 Å². The predicted molar refractivity (Wildman–Crippen MR) is 99.5 cm³/mol. The highest BCUT2D eigenvalue weighted by molar-refractivity contribution is 5.86. The zero-order valence-corrected chi connectivity index (χ0v) is 15.3. The van der Waals surface area contributed by atoms with Crippen molar-refractivity contribution in [1.29, 1.82) is 0 Å². The summed E-state index contributed by atoms with van der Waals surface area (Å²) in [6, 6.07) is 10.5. The SMILES string of the molecule is COC(=O)/C=C/c1ccc2c(c1)CCC2N(CCO)Cc1ccc(C)o1. The summed E-state index contributed by atoms with van der Waals surface area (Å²) in [4.78, 5) is 13.5. The molecule has 0 fully saturated rings. The first-order chi connectivity index (χ1) is 12.6. The lowest BCUT2D eigenvalue weighted by molar-refractivity contribution is -0.134. The number of aliphatic hydroxyl groups is 1. The Morgan fingerprint density at radius 3 is 2.92 bits per heavy atom. The maximum atomic E-state index is 11.3. The molecule has 0 aliphatic heterocycles. The van der Waals surface area contributed by atoms with Crippen LogP contribution in [0.3, 0.4) is 0 Å². The van der Waals surface area contributed by atoms with Crippen molar-refractivity contribution in [3.05, 3.63) is 64.6 Å². The van der Waals surface area contributed by atoms with Crippen molar-refractivity contribution >= 4 is 12.0 Å².